The van der Waals surface area contributed by atoms with Crippen molar-refractivity contribution in [2.24, 2.45) is 7.05 Å². The van der Waals surface area contributed by atoms with Crippen molar-refractivity contribution in [3.8, 4) is 0 Å². The minimum absolute atomic E-state index is 0.0243. The molecule has 6 nitrogen and oxygen atoms in total. The van der Waals surface area contributed by atoms with E-state index in [9.17, 15) is 10.1 Å². The second-order valence-corrected chi connectivity index (χ2v) is 5.40. The summed E-state index contributed by atoms with van der Waals surface area (Å²) in [4.78, 5) is 10.3. The van der Waals surface area contributed by atoms with Gasteiger partial charge < -0.3 is 5.32 Å². The second-order valence-electron chi connectivity index (χ2n) is 5.00. The zero-order valence-corrected chi connectivity index (χ0v) is 13.1. The lowest BCUT2D eigenvalue weighted by Crippen LogP contribution is -2.09. The second kappa shape index (κ2) is 5.73. The summed E-state index contributed by atoms with van der Waals surface area (Å²) in [5.74, 6) is 0. The topological polar surface area (TPSA) is 73.0 Å². The molecule has 1 unspecified atom stereocenters. The first-order chi connectivity index (χ1) is 9.81. The number of nitro benzene ring substituents is 1. The van der Waals surface area contributed by atoms with Gasteiger partial charge in [-0.05, 0) is 32.9 Å². The first kappa shape index (κ1) is 15.3. The fraction of sp³-hybridized carbons (Fsp3) is 0.357. The quantitative estimate of drug-likeness (QED) is 0.689. The Bertz CT molecular complexity index is 697. The molecule has 2 rings (SSSR count). The molecule has 0 aliphatic rings. The van der Waals surface area contributed by atoms with Crippen molar-refractivity contribution in [1.82, 2.24) is 9.78 Å². The van der Waals surface area contributed by atoms with Crippen LogP contribution in [0.1, 0.15) is 29.9 Å². The van der Waals surface area contributed by atoms with E-state index in [0.29, 0.717) is 0 Å². The predicted octanol–water partition coefficient (Wildman–Crippen LogP) is 3.77. The van der Waals surface area contributed by atoms with Crippen LogP contribution in [0.5, 0.6) is 0 Å². The van der Waals surface area contributed by atoms with E-state index in [1.54, 1.807) is 12.1 Å². The van der Waals surface area contributed by atoms with Crippen molar-refractivity contribution in [3.63, 3.8) is 0 Å². The Hall–Kier alpha value is -2.08. The van der Waals surface area contributed by atoms with E-state index in [1.807, 2.05) is 32.5 Å². The van der Waals surface area contributed by atoms with E-state index in [0.717, 1.165) is 22.6 Å². The van der Waals surface area contributed by atoms with Crippen LogP contribution < -0.4 is 5.32 Å². The van der Waals surface area contributed by atoms with E-state index >= 15 is 0 Å². The van der Waals surface area contributed by atoms with Crippen LogP contribution in [-0.4, -0.2) is 14.7 Å². The van der Waals surface area contributed by atoms with E-state index in [2.05, 4.69) is 10.4 Å². The van der Waals surface area contributed by atoms with Gasteiger partial charge in [0.1, 0.15) is 5.02 Å². The number of aryl methyl sites for hydroxylation is 2. The molecule has 0 spiro atoms. The minimum atomic E-state index is -0.495. The van der Waals surface area contributed by atoms with Gasteiger partial charge in [0.2, 0.25) is 0 Å². The molecular weight excluding hydrogens is 292 g/mol. The number of halogens is 1. The summed E-state index contributed by atoms with van der Waals surface area (Å²) in [6.45, 7) is 5.99. The molecule has 0 amide bonds. The maximum absolute atomic E-state index is 10.8. The van der Waals surface area contributed by atoms with Gasteiger partial charge in [-0.25, -0.2) is 0 Å². The first-order valence-electron chi connectivity index (χ1n) is 6.51. The molecule has 0 saturated heterocycles. The third-order valence-electron chi connectivity index (χ3n) is 3.53. The zero-order valence-electron chi connectivity index (χ0n) is 12.3. The number of anilines is 1. The molecule has 21 heavy (non-hydrogen) atoms. The summed E-state index contributed by atoms with van der Waals surface area (Å²) >= 11 is 5.92. The molecular formula is C14H17ClN4O2. The van der Waals surface area contributed by atoms with Crippen molar-refractivity contribution in [3.05, 3.63) is 50.3 Å². The summed E-state index contributed by atoms with van der Waals surface area (Å²) in [7, 11) is 1.90. The molecule has 0 radical (unpaired) electrons. The van der Waals surface area contributed by atoms with Crippen LogP contribution in [-0.2, 0) is 7.05 Å². The normalized spacial score (nSPS) is 12.2. The Labute approximate surface area is 127 Å². The largest absolute Gasteiger partial charge is 0.378 e. The molecule has 1 heterocycles. The van der Waals surface area contributed by atoms with Crippen molar-refractivity contribution in [2.75, 3.05) is 5.32 Å². The van der Waals surface area contributed by atoms with E-state index < -0.39 is 4.92 Å². The lowest BCUT2D eigenvalue weighted by molar-refractivity contribution is -0.384. The van der Waals surface area contributed by atoms with Gasteiger partial charge in [0.15, 0.2) is 0 Å². The van der Waals surface area contributed by atoms with Gasteiger partial charge in [0.05, 0.1) is 16.7 Å². The Kier molecular flexibility index (Phi) is 4.18. The van der Waals surface area contributed by atoms with E-state index in [4.69, 9.17) is 11.6 Å². The van der Waals surface area contributed by atoms with Gasteiger partial charge in [-0.3, -0.25) is 14.8 Å². The SMILES string of the molecule is Cc1nn(C)c(C)c1C(C)Nc1ccc([N+](=O)[O-])c(Cl)c1. The summed E-state index contributed by atoms with van der Waals surface area (Å²) in [6.07, 6.45) is 0. The van der Waals surface area contributed by atoms with Crippen molar-refractivity contribution < 1.29 is 4.92 Å². The molecule has 112 valence electrons. The number of nitro groups is 1. The number of aromatic nitrogens is 2. The molecule has 0 aliphatic heterocycles. The highest BCUT2D eigenvalue weighted by Crippen LogP contribution is 2.30. The van der Waals surface area contributed by atoms with Crippen LogP contribution in [0.4, 0.5) is 11.4 Å². The number of nitrogens with zero attached hydrogens (tertiary/aromatic N) is 3. The lowest BCUT2D eigenvalue weighted by atomic mass is 10.1. The lowest BCUT2D eigenvalue weighted by Gasteiger charge is -2.16. The smallest absolute Gasteiger partial charge is 0.288 e. The van der Waals surface area contributed by atoms with Crippen LogP contribution >= 0.6 is 11.6 Å². The van der Waals surface area contributed by atoms with Gasteiger partial charge in [-0.1, -0.05) is 11.6 Å². The average molecular weight is 309 g/mol. The highest BCUT2D eigenvalue weighted by molar-refractivity contribution is 6.32. The summed E-state index contributed by atoms with van der Waals surface area (Å²) in [5.41, 5.74) is 3.81. The van der Waals surface area contributed by atoms with Gasteiger partial charge in [0.25, 0.3) is 5.69 Å². The Morgan fingerprint density at radius 3 is 2.57 bits per heavy atom. The molecule has 1 atom stereocenters. The summed E-state index contributed by atoms with van der Waals surface area (Å²) < 4.78 is 1.84. The van der Waals surface area contributed by atoms with Crippen molar-refractivity contribution in [2.45, 2.75) is 26.8 Å². The number of hydrogen-bond acceptors (Lipinski definition) is 4. The van der Waals surface area contributed by atoms with Crippen LogP contribution in [0, 0.1) is 24.0 Å². The van der Waals surface area contributed by atoms with E-state index in [-0.39, 0.29) is 16.8 Å². The summed E-state index contributed by atoms with van der Waals surface area (Å²) in [6, 6.07) is 4.65. The predicted molar refractivity (Wildman–Crippen MR) is 82.8 cm³/mol. The maximum atomic E-state index is 10.8. The Morgan fingerprint density at radius 2 is 2.10 bits per heavy atom. The molecule has 1 N–H and O–H groups in total. The third-order valence-corrected chi connectivity index (χ3v) is 3.83. The maximum Gasteiger partial charge on any atom is 0.288 e. The van der Waals surface area contributed by atoms with Gasteiger partial charge in [0, 0.05) is 30.1 Å². The van der Waals surface area contributed by atoms with Crippen LogP contribution in [0.15, 0.2) is 18.2 Å². The van der Waals surface area contributed by atoms with Gasteiger partial charge in [-0.15, -0.1) is 0 Å². The molecule has 0 saturated carbocycles. The number of rotatable bonds is 4. The fourth-order valence-corrected chi connectivity index (χ4v) is 2.73. The number of benzene rings is 1. The van der Waals surface area contributed by atoms with E-state index in [1.165, 1.54) is 6.07 Å². The van der Waals surface area contributed by atoms with Crippen LogP contribution in [0.3, 0.4) is 0 Å². The Balaban J connectivity index is 2.25. The van der Waals surface area contributed by atoms with Crippen LogP contribution in [0.25, 0.3) is 0 Å². The number of nitrogens with one attached hydrogen (secondary N) is 1. The highest BCUT2D eigenvalue weighted by atomic mass is 35.5. The zero-order chi connectivity index (χ0) is 15.7. The molecule has 1 aromatic carbocycles. The van der Waals surface area contributed by atoms with Gasteiger partial charge in [-0.2, -0.15) is 5.10 Å². The molecule has 7 heteroatoms. The molecule has 2 aromatic rings. The average Bonchev–Trinajstić information content (AvgIpc) is 2.62. The van der Waals surface area contributed by atoms with Gasteiger partial charge >= 0.3 is 0 Å². The Morgan fingerprint density at radius 1 is 1.43 bits per heavy atom. The standard InChI is InChI=1S/C14H17ClN4O2/c1-8(14-9(2)17-18(4)10(14)3)16-11-5-6-13(19(20)21)12(15)7-11/h5-8,16H,1-4H3. The van der Waals surface area contributed by atoms with Crippen molar-refractivity contribution >= 4 is 23.0 Å². The molecule has 1 aromatic heterocycles. The molecule has 0 fully saturated rings. The third kappa shape index (κ3) is 3.00. The van der Waals surface area contributed by atoms with Crippen LogP contribution in [0.2, 0.25) is 5.02 Å². The molecule has 0 aliphatic carbocycles. The fourth-order valence-electron chi connectivity index (χ4n) is 2.48. The minimum Gasteiger partial charge on any atom is -0.378 e. The van der Waals surface area contributed by atoms with Crippen molar-refractivity contribution in [1.29, 1.82) is 0 Å². The molecule has 0 bridgehead atoms. The highest BCUT2D eigenvalue weighted by Gasteiger charge is 2.17. The monoisotopic (exact) mass is 308 g/mol. The first-order valence-corrected chi connectivity index (χ1v) is 6.89. The number of hydrogen-bond donors (Lipinski definition) is 1. The summed E-state index contributed by atoms with van der Waals surface area (Å²) in [5, 5.41) is 18.6.